The van der Waals surface area contributed by atoms with E-state index in [-0.39, 0.29) is 12.4 Å². The lowest BCUT2D eigenvalue weighted by Gasteiger charge is -2.15. The van der Waals surface area contributed by atoms with Crippen molar-refractivity contribution in [1.29, 1.82) is 5.41 Å². The van der Waals surface area contributed by atoms with Crippen molar-refractivity contribution < 1.29 is 0 Å². The number of nitrogens with zero attached hydrogens (tertiary/aromatic N) is 1. The van der Waals surface area contributed by atoms with Gasteiger partial charge >= 0.3 is 0 Å². The summed E-state index contributed by atoms with van der Waals surface area (Å²) >= 11 is 0. The smallest absolute Gasteiger partial charge is 0.0561 e. The van der Waals surface area contributed by atoms with Gasteiger partial charge in [-0.2, -0.15) is 0 Å². The molecule has 1 aromatic rings. The normalized spacial score (nSPS) is 10.4. The first-order valence-electron chi connectivity index (χ1n) is 5.29. The quantitative estimate of drug-likeness (QED) is 0.589. The summed E-state index contributed by atoms with van der Waals surface area (Å²) in [4.78, 5) is 0. The summed E-state index contributed by atoms with van der Waals surface area (Å²) in [6.07, 6.45) is 0. The molecule has 0 bridgehead atoms. The Morgan fingerprint density at radius 3 is 2.59 bits per heavy atom. The van der Waals surface area contributed by atoms with Crippen LogP contribution in [0.3, 0.4) is 0 Å². The zero-order chi connectivity index (χ0) is 11.1. The number of nitrogens with one attached hydrogen (secondary N) is 1. The van der Waals surface area contributed by atoms with Gasteiger partial charge in [0.15, 0.2) is 0 Å². The number of fused-ring (bicyclic) bond motifs is 2. The summed E-state index contributed by atoms with van der Waals surface area (Å²) in [6.45, 7) is 0. The van der Waals surface area contributed by atoms with E-state index in [2.05, 4.69) is 22.8 Å². The highest BCUT2D eigenvalue weighted by atomic mass is 35.5. The van der Waals surface area contributed by atoms with Gasteiger partial charge in [0.1, 0.15) is 0 Å². The predicted octanol–water partition coefficient (Wildman–Crippen LogP) is 3.18. The van der Waals surface area contributed by atoms with Gasteiger partial charge in [-0.15, -0.1) is 12.4 Å². The third-order valence-electron chi connectivity index (χ3n) is 3.00. The summed E-state index contributed by atoms with van der Waals surface area (Å²) < 4.78 is 2.14. The molecule has 0 spiro atoms. The van der Waals surface area contributed by atoms with E-state index in [4.69, 9.17) is 5.41 Å². The molecule has 2 nitrogen and oxygen atoms in total. The van der Waals surface area contributed by atoms with Gasteiger partial charge in [0.2, 0.25) is 0 Å². The van der Waals surface area contributed by atoms with E-state index in [0.29, 0.717) is 5.36 Å². The first-order valence-corrected chi connectivity index (χ1v) is 5.29. The Balaban J connectivity index is 0.00000108. The highest BCUT2D eigenvalue weighted by Crippen LogP contribution is 2.25. The van der Waals surface area contributed by atoms with Crippen LogP contribution in [-0.4, -0.2) is 4.57 Å². The largest absolute Gasteiger partial charge is 0.344 e. The maximum atomic E-state index is 7.67. The molecule has 0 atom stereocenters. The van der Waals surface area contributed by atoms with Crippen LogP contribution in [0.15, 0.2) is 48.5 Å². The Morgan fingerprint density at radius 2 is 1.76 bits per heavy atom. The fraction of sp³-hybridized carbons (Fsp3) is 0.0714. The third kappa shape index (κ3) is 1.81. The van der Waals surface area contributed by atoms with E-state index in [1.807, 2.05) is 37.4 Å². The minimum atomic E-state index is 0. The zero-order valence-electron chi connectivity index (χ0n) is 9.47. The highest BCUT2D eigenvalue weighted by Gasteiger charge is 2.06. The number of benzene rings is 2. The molecule has 3 heteroatoms. The van der Waals surface area contributed by atoms with Crippen molar-refractivity contribution in [1.82, 2.24) is 4.57 Å². The fourth-order valence-electron chi connectivity index (χ4n) is 2.17. The number of pyridine rings is 1. The summed E-state index contributed by atoms with van der Waals surface area (Å²) in [5.41, 5.74) is 3.48. The summed E-state index contributed by atoms with van der Waals surface area (Å²) in [5.74, 6) is 0. The fourth-order valence-corrected chi connectivity index (χ4v) is 2.17. The van der Waals surface area contributed by atoms with Crippen molar-refractivity contribution >= 4 is 23.3 Å². The number of aromatic nitrogens is 1. The lowest BCUT2D eigenvalue weighted by molar-refractivity contribution is 0.957. The van der Waals surface area contributed by atoms with E-state index in [1.54, 1.807) is 0 Å². The molecule has 0 saturated carbocycles. The van der Waals surface area contributed by atoms with Crippen LogP contribution in [0.1, 0.15) is 0 Å². The van der Waals surface area contributed by atoms with E-state index in [1.165, 1.54) is 16.5 Å². The monoisotopic (exact) mass is 244 g/mol. The van der Waals surface area contributed by atoms with Gasteiger partial charge in [-0.05, 0) is 35.2 Å². The van der Waals surface area contributed by atoms with Gasteiger partial charge in [0, 0.05) is 12.6 Å². The SMILES string of the molecule is Cl.Cn1c2cc(=N)ccc-2cc2ccccc21. The van der Waals surface area contributed by atoms with Crippen LogP contribution in [0.5, 0.6) is 0 Å². The molecule has 1 N–H and O–H groups in total. The highest BCUT2D eigenvalue weighted by molar-refractivity contribution is 5.86. The van der Waals surface area contributed by atoms with Crippen molar-refractivity contribution in [2.24, 2.45) is 7.05 Å². The van der Waals surface area contributed by atoms with Crippen molar-refractivity contribution in [3.63, 3.8) is 0 Å². The van der Waals surface area contributed by atoms with Gasteiger partial charge < -0.3 is 9.98 Å². The Bertz CT molecular complexity index is 700. The van der Waals surface area contributed by atoms with E-state index < -0.39 is 0 Å². The first-order chi connectivity index (χ1) is 7.75. The number of hydrogen-bond donors (Lipinski definition) is 1. The van der Waals surface area contributed by atoms with Crippen LogP contribution in [-0.2, 0) is 7.05 Å². The lowest BCUT2D eigenvalue weighted by Crippen LogP contribution is -2.05. The van der Waals surface area contributed by atoms with Gasteiger partial charge in [-0.25, -0.2) is 0 Å². The number of rotatable bonds is 0. The topological polar surface area (TPSA) is 28.8 Å². The summed E-state index contributed by atoms with van der Waals surface area (Å²) in [5, 5.41) is 9.45. The molecular formula is C14H13ClN2. The number of hydrogen-bond acceptors (Lipinski definition) is 1. The molecule has 0 aromatic heterocycles. The molecule has 0 radical (unpaired) electrons. The molecule has 17 heavy (non-hydrogen) atoms. The molecular weight excluding hydrogens is 232 g/mol. The van der Waals surface area contributed by atoms with Crippen molar-refractivity contribution in [2.75, 3.05) is 0 Å². The molecule has 3 rings (SSSR count). The van der Waals surface area contributed by atoms with Crippen molar-refractivity contribution in [3.05, 3.63) is 53.9 Å². The van der Waals surface area contributed by atoms with Crippen LogP contribution in [0.4, 0.5) is 0 Å². The maximum absolute atomic E-state index is 7.67. The molecule has 0 amide bonds. The van der Waals surface area contributed by atoms with Gasteiger partial charge in [-0.1, -0.05) is 24.3 Å². The standard InChI is InChI=1S/C14H12N2.ClH/c1-16-13-5-3-2-4-10(13)8-11-6-7-12(15)9-14(11)16;/h2-9,15H,1H3;1H. The Morgan fingerprint density at radius 1 is 1.00 bits per heavy atom. The minimum Gasteiger partial charge on any atom is -0.344 e. The molecule has 0 fully saturated rings. The lowest BCUT2D eigenvalue weighted by atomic mass is 10.1. The van der Waals surface area contributed by atoms with Crippen LogP contribution in [0, 0.1) is 5.41 Å². The molecule has 1 heterocycles. The number of aryl methyl sites for hydroxylation is 1. The minimum absolute atomic E-state index is 0. The molecule has 86 valence electrons. The maximum Gasteiger partial charge on any atom is 0.0561 e. The molecule has 1 aliphatic heterocycles. The predicted molar refractivity (Wildman–Crippen MR) is 72.6 cm³/mol. The summed E-state index contributed by atoms with van der Waals surface area (Å²) in [6, 6.07) is 16.2. The van der Waals surface area contributed by atoms with Gasteiger partial charge in [0.25, 0.3) is 0 Å². The zero-order valence-corrected chi connectivity index (χ0v) is 10.3. The molecule has 2 aliphatic rings. The van der Waals surface area contributed by atoms with Crippen molar-refractivity contribution in [3.8, 4) is 11.3 Å². The van der Waals surface area contributed by atoms with E-state index >= 15 is 0 Å². The number of halogens is 1. The Hall–Kier alpha value is -1.80. The molecule has 0 saturated heterocycles. The second-order valence-corrected chi connectivity index (χ2v) is 4.04. The van der Waals surface area contributed by atoms with E-state index in [9.17, 15) is 0 Å². The second kappa shape index (κ2) is 4.22. The van der Waals surface area contributed by atoms with Crippen LogP contribution >= 0.6 is 12.4 Å². The third-order valence-corrected chi connectivity index (χ3v) is 3.00. The average molecular weight is 245 g/mol. The van der Waals surface area contributed by atoms with Crippen LogP contribution in [0.2, 0.25) is 0 Å². The second-order valence-electron chi connectivity index (χ2n) is 4.04. The Labute approximate surface area is 106 Å². The molecule has 1 aliphatic carbocycles. The molecule has 0 unspecified atom stereocenters. The van der Waals surface area contributed by atoms with Crippen LogP contribution < -0.4 is 5.36 Å². The average Bonchev–Trinajstić information content (AvgIpc) is 2.31. The van der Waals surface area contributed by atoms with Gasteiger partial charge in [-0.3, -0.25) is 0 Å². The number of para-hydroxylation sites is 1. The summed E-state index contributed by atoms with van der Waals surface area (Å²) in [7, 11) is 2.05. The van der Waals surface area contributed by atoms with Gasteiger partial charge in [0.05, 0.1) is 11.1 Å². The van der Waals surface area contributed by atoms with Crippen LogP contribution in [0.25, 0.3) is 22.2 Å². The van der Waals surface area contributed by atoms with Crippen molar-refractivity contribution in [2.45, 2.75) is 0 Å². The molecule has 1 aromatic carbocycles. The van der Waals surface area contributed by atoms with E-state index in [0.717, 1.165) is 5.69 Å². The Kier molecular flexibility index (Phi) is 2.90. The first kappa shape index (κ1) is 11.7.